The predicted octanol–water partition coefficient (Wildman–Crippen LogP) is 1.39. The minimum absolute atomic E-state index is 0.207. The Bertz CT molecular complexity index is 338. The molecule has 0 amide bonds. The molecule has 5 nitrogen and oxygen atoms in total. The summed E-state index contributed by atoms with van der Waals surface area (Å²) in [5.41, 5.74) is 0.846. The van der Waals surface area contributed by atoms with Crippen LogP contribution in [0.3, 0.4) is 0 Å². The number of esters is 1. The first-order chi connectivity index (χ1) is 7.83. The van der Waals surface area contributed by atoms with Crippen molar-refractivity contribution in [2.24, 2.45) is 5.16 Å². The highest BCUT2D eigenvalue weighted by Gasteiger charge is 2.00. The third kappa shape index (κ3) is 5.09. The van der Waals surface area contributed by atoms with Gasteiger partial charge in [0.25, 0.3) is 0 Å². The second kappa shape index (κ2) is 7.39. The molecule has 0 saturated carbocycles. The van der Waals surface area contributed by atoms with E-state index in [2.05, 4.69) is 10.1 Å². The van der Waals surface area contributed by atoms with E-state index in [1.165, 1.54) is 6.21 Å². The zero-order chi connectivity index (χ0) is 11.6. The van der Waals surface area contributed by atoms with Crippen LogP contribution >= 0.6 is 0 Å². The van der Waals surface area contributed by atoms with Crippen LogP contribution in [0.15, 0.2) is 29.7 Å². The molecule has 86 valence electrons. The monoisotopic (exact) mass is 222 g/mol. The Labute approximate surface area is 94.1 Å². The Balaban J connectivity index is 2.16. The third-order valence-corrected chi connectivity index (χ3v) is 1.66. The zero-order valence-electron chi connectivity index (χ0n) is 9.13. The van der Waals surface area contributed by atoms with Crippen LogP contribution in [0.4, 0.5) is 0 Å². The highest BCUT2D eigenvalue weighted by atomic mass is 16.6. The summed E-state index contributed by atoms with van der Waals surface area (Å²) in [5, 5.41) is 3.70. The number of carbonyl (C=O) groups excluding carboxylic acids is 1. The molecular weight excluding hydrogens is 208 g/mol. The number of carbonyl (C=O) groups is 1. The fourth-order valence-electron chi connectivity index (χ4n) is 0.965. The van der Waals surface area contributed by atoms with Crippen molar-refractivity contribution in [1.82, 2.24) is 4.98 Å². The van der Waals surface area contributed by atoms with Gasteiger partial charge < -0.3 is 9.57 Å². The smallest absolute Gasteiger partial charge is 0.309 e. The number of nitrogens with zero attached hydrogens (tertiary/aromatic N) is 2. The molecule has 0 radical (unpaired) electrons. The number of rotatable bonds is 6. The number of pyridine rings is 1. The lowest BCUT2D eigenvalue weighted by molar-refractivity contribution is -0.144. The molecule has 0 fully saturated rings. The molecule has 1 aromatic heterocycles. The molecule has 1 rings (SSSR count). The lowest BCUT2D eigenvalue weighted by atomic mass is 10.3. The first kappa shape index (κ1) is 12.2. The van der Waals surface area contributed by atoms with Gasteiger partial charge in [-0.2, -0.15) is 0 Å². The molecule has 0 N–H and O–H groups in total. The second-order valence-electron chi connectivity index (χ2n) is 2.91. The molecule has 0 aromatic carbocycles. The van der Waals surface area contributed by atoms with Crippen molar-refractivity contribution in [1.29, 1.82) is 0 Å². The molecule has 0 spiro atoms. The van der Waals surface area contributed by atoms with Crippen LogP contribution in [0.2, 0.25) is 0 Å². The van der Waals surface area contributed by atoms with Crippen molar-refractivity contribution >= 4 is 12.2 Å². The molecule has 0 aliphatic heterocycles. The topological polar surface area (TPSA) is 60.8 Å². The normalized spacial score (nSPS) is 10.3. The summed E-state index contributed by atoms with van der Waals surface area (Å²) in [6.07, 6.45) is 5.09. The maximum absolute atomic E-state index is 10.9. The Hall–Kier alpha value is -1.91. The van der Waals surface area contributed by atoms with Gasteiger partial charge in [-0.3, -0.25) is 9.78 Å². The molecule has 1 heterocycles. The quantitative estimate of drug-likeness (QED) is 0.316. The molecule has 0 aliphatic rings. The van der Waals surface area contributed by atoms with E-state index in [4.69, 9.17) is 9.57 Å². The molecule has 0 aliphatic carbocycles. The van der Waals surface area contributed by atoms with E-state index in [0.717, 1.165) is 5.56 Å². The van der Waals surface area contributed by atoms with Gasteiger partial charge >= 0.3 is 5.97 Å². The summed E-state index contributed by atoms with van der Waals surface area (Å²) in [6, 6.07) is 3.66. The Morgan fingerprint density at radius 2 is 2.50 bits per heavy atom. The van der Waals surface area contributed by atoms with E-state index in [1.54, 1.807) is 25.4 Å². The Morgan fingerprint density at radius 1 is 1.62 bits per heavy atom. The van der Waals surface area contributed by atoms with Crippen LogP contribution in [0.25, 0.3) is 0 Å². The second-order valence-corrected chi connectivity index (χ2v) is 2.91. The minimum atomic E-state index is -0.279. The van der Waals surface area contributed by atoms with Crippen molar-refractivity contribution in [3.63, 3.8) is 0 Å². The van der Waals surface area contributed by atoms with E-state index >= 15 is 0 Å². The summed E-state index contributed by atoms with van der Waals surface area (Å²) >= 11 is 0. The van der Waals surface area contributed by atoms with Gasteiger partial charge in [0.15, 0.2) is 0 Å². The highest BCUT2D eigenvalue weighted by molar-refractivity contribution is 5.78. The Morgan fingerprint density at radius 3 is 3.19 bits per heavy atom. The maximum atomic E-state index is 10.9. The molecule has 0 atom stereocenters. The van der Waals surface area contributed by atoms with Crippen molar-refractivity contribution < 1.29 is 14.4 Å². The van der Waals surface area contributed by atoms with Crippen LogP contribution in [-0.2, 0) is 14.4 Å². The summed E-state index contributed by atoms with van der Waals surface area (Å²) in [6.45, 7) is 2.37. The van der Waals surface area contributed by atoms with E-state index in [-0.39, 0.29) is 19.0 Å². The Kier molecular flexibility index (Phi) is 5.62. The van der Waals surface area contributed by atoms with Crippen molar-refractivity contribution in [2.75, 3.05) is 13.2 Å². The van der Waals surface area contributed by atoms with Crippen LogP contribution in [0, 0.1) is 0 Å². The van der Waals surface area contributed by atoms with Crippen LogP contribution < -0.4 is 0 Å². The van der Waals surface area contributed by atoms with Crippen molar-refractivity contribution in [3.8, 4) is 0 Å². The van der Waals surface area contributed by atoms with E-state index in [1.807, 2.05) is 6.07 Å². The van der Waals surface area contributed by atoms with Gasteiger partial charge in [-0.1, -0.05) is 11.2 Å². The number of hydrogen-bond donors (Lipinski definition) is 0. The van der Waals surface area contributed by atoms with E-state index in [9.17, 15) is 4.79 Å². The van der Waals surface area contributed by atoms with Gasteiger partial charge in [-0.05, 0) is 13.0 Å². The minimum Gasteiger partial charge on any atom is -0.466 e. The van der Waals surface area contributed by atoms with Gasteiger partial charge in [-0.25, -0.2) is 0 Å². The molecule has 0 bridgehead atoms. The average Bonchev–Trinajstić information content (AvgIpc) is 2.30. The predicted molar refractivity (Wildman–Crippen MR) is 59.0 cm³/mol. The summed E-state index contributed by atoms with van der Waals surface area (Å²) in [5.74, 6) is -0.279. The van der Waals surface area contributed by atoms with E-state index < -0.39 is 0 Å². The lowest BCUT2D eigenvalue weighted by Crippen LogP contribution is -2.06. The van der Waals surface area contributed by atoms with Gasteiger partial charge in [0.05, 0.1) is 19.2 Å². The van der Waals surface area contributed by atoms with Gasteiger partial charge in [0.1, 0.15) is 6.61 Å². The molecule has 16 heavy (non-hydrogen) atoms. The molecule has 1 aromatic rings. The van der Waals surface area contributed by atoms with Crippen molar-refractivity contribution in [2.45, 2.75) is 13.3 Å². The van der Waals surface area contributed by atoms with Crippen molar-refractivity contribution in [3.05, 3.63) is 30.1 Å². The standard InChI is InChI=1S/C11H14N2O3/c1-2-15-11(14)5-7-16-13-9-10-4-3-6-12-8-10/h3-4,6,8-9H,2,5,7H2,1H3/b13-9+. The largest absolute Gasteiger partial charge is 0.466 e. The number of ether oxygens (including phenoxy) is 1. The van der Waals surface area contributed by atoms with Gasteiger partial charge in [0.2, 0.25) is 0 Å². The number of hydrogen-bond acceptors (Lipinski definition) is 5. The highest BCUT2D eigenvalue weighted by Crippen LogP contribution is 1.92. The number of oxime groups is 1. The molecule has 0 saturated heterocycles. The number of aromatic nitrogens is 1. The van der Waals surface area contributed by atoms with Gasteiger partial charge in [0, 0.05) is 18.0 Å². The summed E-state index contributed by atoms with van der Waals surface area (Å²) in [7, 11) is 0. The molecule has 5 heteroatoms. The van der Waals surface area contributed by atoms with Crippen LogP contribution in [0.5, 0.6) is 0 Å². The lowest BCUT2D eigenvalue weighted by Gasteiger charge is -1.99. The van der Waals surface area contributed by atoms with Crippen LogP contribution in [-0.4, -0.2) is 30.4 Å². The summed E-state index contributed by atoms with van der Waals surface area (Å²) < 4.78 is 4.73. The first-order valence-electron chi connectivity index (χ1n) is 5.04. The fourth-order valence-corrected chi connectivity index (χ4v) is 0.965. The van der Waals surface area contributed by atoms with E-state index in [0.29, 0.717) is 6.61 Å². The zero-order valence-corrected chi connectivity index (χ0v) is 9.13. The van der Waals surface area contributed by atoms with Crippen LogP contribution in [0.1, 0.15) is 18.9 Å². The third-order valence-electron chi connectivity index (χ3n) is 1.66. The summed E-state index contributed by atoms with van der Waals surface area (Å²) in [4.78, 5) is 19.7. The SMILES string of the molecule is CCOC(=O)CCO/N=C/c1cccnc1. The molecule has 0 unspecified atom stereocenters. The first-order valence-corrected chi connectivity index (χ1v) is 5.04. The fraction of sp³-hybridized carbons (Fsp3) is 0.364. The van der Waals surface area contributed by atoms with Gasteiger partial charge in [-0.15, -0.1) is 0 Å². The average molecular weight is 222 g/mol. The molecular formula is C11H14N2O3. The maximum Gasteiger partial charge on any atom is 0.309 e.